The number of esters is 1. The van der Waals surface area contributed by atoms with Crippen molar-refractivity contribution in [1.29, 1.82) is 0 Å². The Kier molecular flexibility index (Phi) is 6.34. The smallest absolute Gasteiger partial charge is 0.419 e. The van der Waals surface area contributed by atoms with Crippen LogP contribution in [0.4, 0.5) is 4.79 Å². The number of hydrogen-bond acceptors (Lipinski definition) is 6. The van der Waals surface area contributed by atoms with Crippen molar-refractivity contribution in [3.8, 4) is 22.8 Å². The lowest BCUT2D eigenvalue weighted by molar-refractivity contribution is 0.0416. The SMILES string of the molecule is COc1cc(O)cc(-c2ccc(C(=O)OCc3ccccc3)n2C(=O)OC(C)(C)C)c1. The van der Waals surface area contributed by atoms with E-state index in [1.54, 1.807) is 32.9 Å². The van der Waals surface area contributed by atoms with Crippen LogP contribution in [0.5, 0.6) is 11.5 Å². The zero-order chi connectivity index (χ0) is 22.6. The molecule has 0 aliphatic heterocycles. The van der Waals surface area contributed by atoms with E-state index in [0.29, 0.717) is 17.0 Å². The molecular formula is C24H25NO6. The second-order valence-corrected chi connectivity index (χ2v) is 7.90. The fourth-order valence-electron chi connectivity index (χ4n) is 2.97. The molecule has 7 nitrogen and oxygen atoms in total. The summed E-state index contributed by atoms with van der Waals surface area (Å²) in [5, 5.41) is 10.0. The minimum atomic E-state index is -0.777. The number of aromatic hydroxyl groups is 1. The highest BCUT2D eigenvalue weighted by atomic mass is 16.6. The summed E-state index contributed by atoms with van der Waals surface area (Å²) in [6, 6.07) is 16.9. The molecule has 1 N–H and O–H groups in total. The topological polar surface area (TPSA) is 87.0 Å². The van der Waals surface area contributed by atoms with Gasteiger partial charge in [0, 0.05) is 11.6 Å². The van der Waals surface area contributed by atoms with E-state index in [4.69, 9.17) is 14.2 Å². The molecule has 162 valence electrons. The number of phenolic OH excluding ortho intramolecular Hbond substituents is 1. The normalized spacial score (nSPS) is 11.1. The van der Waals surface area contributed by atoms with Gasteiger partial charge in [-0.2, -0.15) is 0 Å². The first-order chi connectivity index (χ1) is 14.7. The van der Waals surface area contributed by atoms with Crippen molar-refractivity contribution in [2.24, 2.45) is 0 Å². The molecule has 3 aromatic rings. The molecule has 1 aromatic heterocycles. The molecular weight excluding hydrogens is 398 g/mol. The van der Waals surface area contributed by atoms with E-state index >= 15 is 0 Å². The lowest BCUT2D eigenvalue weighted by Crippen LogP contribution is -2.29. The maximum atomic E-state index is 13.0. The molecule has 2 aromatic carbocycles. The molecule has 0 fully saturated rings. The van der Waals surface area contributed by atoms with Crippen molar-refractivity contribution in [1.82, 2.24) is 4.57 Å². The van der Waals surface area contributed by atoms with E-state index in [2.05, 4.69) is 0 Å². The van der Waals surface area contributed by atoms with Crippen LogP contribution < -0.4 is 4.74 Å². The highest BCUT2D eigenvalue weighted by Crippen LogP contribution is 2.31. The second kappa shape index (κ2) is 8.95. The van der Waals surface area contributed by atoms with Crippen LogP contribution in [0.3, 0.4) is 0 Å². The summed E-state index contributed by atoms with van der Waals surface area (Å²) in [7, 11) is 1.47. The maximum Gasteiger partial charge on any atom is 0.419 e. The lowest BCUT2D eigenvalue weighted by atomic mass is 10.1. The average Bonchev–Trinajstić information content (AvgIpc) is 3.16. The van der Waals surface area contributed by atoms with Crippen LogP contribution in [-0.4, -0.2) is 34.4 Å². The van der Waals surface area contributed by atoms with E-state index in [0.717, 1.165) is 10.1 Å². The number of methoxy groups -OCH3 is 1. The third-order valence-electron chi connectivity index (χ3n) is 4.30. The van der Waals surface area contributed by atoms with Gasteiger partial charge in [-0.15, -0.1) is 0 Å². The minimum Gasteiger partial charge on any atom is -0.508 e. The van der Waals surface area contributed by atoms with Gasteiger partial charge in [0.1, 0.15) is 29.4 Å². The summed E-state index contributed by atoms with van der Waals surface area (Å²) in [6.07, 6.45) is -0.735. The van der Waals surface area contributed by atoms with Crippen LogP contribution in [-0.2, 0) is 16.1 Å². The van der Waals surface area contributed by atoms with Crippen LogP contribution in [0.15, 0.2) is 60.7 Å². The lowest BCUT2D eigenvalue weighted by Gasteiger charge is -2.21. The molecule has 0 aliphatic rings. The van der Waals surface area contributed by atoms with E-state index in [-0.39, 0.29) is 18.1 Å². The van der Waals surface area contributed by atoms with Gasteiger partial charge in [0.2, 0.25) is 0 Å². The second-order valence-electron chi connectivity index (χ2n) is 7.90. The van der Waals surface area contributed by atoms with Crippen LogP contribution in [0.1, 0.15) is 36.8 Å². The average molecular weight is 423 g/mol. The number of carbonyl (C=O) groups is 2. The summed E-state index contributed by atoms with van der Waals surface area (Å²) in [5.74, 6) is -0.312. The van der Waals surface area contributed by atoms with Crippen LogP contribution in [0, 0.1) is 0 Å². The van der Waals surface area contributed by atoms with Gasteiger partial charge in [0.15, 0.2) is 0 Å². The van der Waals surface area contributed by atoms with Crippen LogP contribution in [0.2, 0.25) is 0 Å². The first kappa shape index (κ1) is 22.0. The van der Waals surface area contributed by atoms with Gasteiger partial charge in [-0.25, -0.2) is 14.2 Å². The van der Waals surface area contributed by atoms with Crippen LogP contribution >= 0.6 is 0 Å². The van der Waals surface area contributed by atoms with Gasteiger partial charge in [-0.3, -0.25) is 0 Å². The zero-order valence-electron chi connectivity index (χ0n) is 17.9. The fourth-order valence-corrected chi connectivity index (χ4v) is 2.97. The number of ether oxygens (including phenoxy) is 3. The monoisotopic (exact) mass is 423 g/mol. The molecule has 0 spiro atoms. The Labute approximate surface area is 180 Å². The predicted molar refractivity (Wildman–Crippen MR) is 115 cm³/mol. The Bertz CT molecular complexity index is 1080. The Morgan fingerprint density at radius 1 is 1.00 bits per heavy atom. The van der Waals surface area contributed by atoms with Crippen molar-refractivity contribution in [2.75, 3.05) is 7.11 Å². The summed E-state index contributed by atoms with van der Waals surface area (Å²) in [4.78, 5) is 25.8. The Morgan fingerprint density at radius 3 is 2.35 bits per heavy atom. The molecule has 7 heteroatoms. The van der Waals surface area contributed by atoms with Crippen molar-refractivity contribution < 1.29 is 28.9 Å². The van der Waals surface area contributed by atoms with Gasteiger partial charge >= 0.3 is 12.1 Å². The van der Waals surface area contributed by atoms with Gasteiger partial charge < -0.3 is 19.3 Å². The number of benzene rings is 2. The van der Waals surface area contributed by atoms with Crippen molar-refractivity contribution in [3.63, 3.8) is 0 Å². The third kappa shape index (κ3) is 5.45. The van der Waals surface area contributed by atoms with E-state index in [1.165, 1.54) is 25.3 Å². The molecule has 0 atom stereocenters. The third-order valence-corrected chi connectivity index (χ3v) is 4.30. The predicted octanol–water partition coefficient (Wildman–Crippen LogP) is 5.01. The Balaban J connectivity index is 2.00. The first-order valence-corrected chi connectivity index (χ1v) is 9.72. The molecule has 1 heterocycles. The number of hydrogen-bond donors (Lipinski definition) is 1. The Hall–Kier alpha value is -3.74. The van der Waals surface area contributed by atoms with E-state index in [1.807, 2.05) is 30.3 Å². The maximum absolute atomic E-state index is 13.0. The molecule has 0 unspecified atom stereocenters. The molecule has 0 aliphatic carbocycles. The number of aromatic nitrogens is 1. The standard InChI is InChI=1S/C24H25NO6/c1-24(2,3)31-23(28)25-20(17-12-18(26)14-19(13-17)29-4)10-11-21(25)22(27)30-15-16-8-6-5-7-9-16/h5-14,26H,15H2,1-4H3. The summed E-state index contributed by atoms with van der Waals surface area (Å²) < 4.78 is 17.3. The summed E-state index contributed by atoms with van der Waals surface area (Å²) in [5.41, 5.74) is 0.895. The number of carbonyl (C=O) groups excluding carboxylic acids is 2. The molecule has 3 rings (SSSR count). The zero-order valence-corrected chi connectivity index (χ0v) is 17.9. The highest BCUT2D eigenvalue weighted by Gasteiger charge is 2.27. The van der Waals surface area contributed by atoms with Crippen molar-refractivity contribution in [3.05, 3.63) is 71.9 Å². The van der Waals surface area contributed by atoms with Crippen molar-refractivity contribution >= 4 is 12.1 Å². The molecule has 0 radical (unpaired) electrons. The van der Waals surface area contributed by atoms with Crippen molar-refractivity contribution in [2.45, 2.75) is 33.0 Å². The largest absolute Gasteiger partial charge is 0.508 e. The molecule has 31 heavy (non-hydrogen) atoms. The van der Waals surface area contributed by atoms with E-state index in [9.17, 15) is 14.7 Å². The molecule has 0 amide bonds. The van der Waals surface area contributed by atoms with Gasteiger partial charge in [0.05, 0.1) is 12.8 Å². The summed E-state index contributed by atoms with van der Waals surface area (Å²) >= 11 is 0. The van der Waals surface area contributed by atoms with Gasteiger partial charge in [-0.05, 0) is 50.6 Å². The number of nitrogens with zero attached hydrogens (tertiary/aromatic N) is 1. The summed E-state index contributed by atoms with van der Waals surface area (Å²) in [6.45, 7) is 5.27. The minimum absolute atomic E-state index is 0.0162. The van der Waals surface area contributed by atoms with Gasteiger partial charge in [-0.1, -0.05) is 30.3 Å². The fraction of sp³-hybridized carbons (Fsp3) is 0.250. The molecule has 0 saturated carbocycles. The molecule has 0 saturated heterocycles. The quantitative estimate of drug-likeness (QED) is 0.581. The highest BCUT2D eigenvalue weighted by molar-refractivity contribution is 5.95. The molecule has 0 bridgehead atoms. The first-order valence-electron chi connectivity index (χ1n) is 9.72. The number of phenols is 1. The van der Waals surface area contributed by atoms with E-state index < -0.39 is 17.7 Å². The number of rotatable bonds is 5. The Morgan fingerprint density at radius 2 is 1.71 bits per heavy atom. The van der Waals surface area contributed by atoms with Gasteiger partial charge in [0.25, 0.3) is 0 Å². The van der Waals surface area contributed by atoms with Crippen LogP contribution in [0.25, 0.3) is 11.3 Å².